The molecule has 0 saturated heterocycles. The van der Waals surface area contributed by atoms with E-state index in [1.807, 2.05) is 0 Å². The summed E-state index contributed by atoms with van der Waals surface area (Å²) in [5.74, 6) is 0.588. The van der Waals surface area contributed by atoms with E-state index in [1.54, 1.807) is 6.33 Å². The Morgan fingerprint density at radius 2 is 2.07 bits per heavy atom. The Balaban J connectivity index is 2.39. The second-order valence-electron chi connectivity index (χ2n) is 4.20. The molecule has 0 N–H and O–H groups in total. The van der Waals surface area contributed by atoms with Gasteiger partial charge in [-0.2, -0.15) is 0 Å². The topological polar surface area (TPSA) is 25.8 Å². The molecule has 0 amide bonds. The largest absolute Gasteiger partial charge is 0.241 e. The molecule has 14 heavy (non-hydrogen) atoms. The molecular formula is C12H18N2. The van der Waals surface area contributed by atoms with Crippen LogP contribution in [0.3, 0.4) is 0 Å². The van der Waals surface area contributed by atoms with Crippen molar-refractivity contribution in [2.45, 2.75) is 51.9 Å². The van der Waals surface area contributed by atoms with Gasteiger partial charge in [0.05, 0.1) is 0 Å². The van der Waals surface area contributed by atoms with Crippen molar-refractivity contribution in [1.82, 2.24) is 9.97 Å². The van der Waals surface area contributed by atoms with Crippen LogP contribution in [0.4, 0.5) is 0 Å². The van der Waals surface area contributed by atoms with E-state index in [0.29, 0.717) is 5.92 Å². The fraction of sp³-hybridized carbons (Fsp3) is 0.667. The molecule has 1 heterocycles. The monoisotopic (exact) mass is 190 g/mol. The Morgan fingerprint density at radius 1 is 1.29 bits per heavy atom. The van der Waals surface area contributed by atoms with Crippen molar-refractivity contribution in [2.75, 3.05) is 0 Å². The SMILES string of the molecule is CCC(C)c1ncnc2c1CCCC2. The predicted octanol–water partition coefficient (Wildman–Crippen LogP) is 2.87. The van der Waals surface area contributed by atoms with E-state index in [2.05, 4.69) is 23.8 Å². The van der Waals surface area contributed by atoms with Gasteiger partial charge in [0.1, 0.15) is 6.33 Å². The van der Waals surface area contributed by atoms with Crippen molar-refractivity contribution in [1.29, 1.82) is 0 Å². The molecule has 76 valence electrons. The molecule has 0 aromatic carbocycles. The highest BCUT2D eigenvalue weighted by molar-refractivity contribution is 5.29. The molecule has 1 aromatic heterocycles. The van der Waals surface area contributed by atoms with Crippen LogP contribution in [0.5, 0.6) is 0 Å². The summed E-state index contributed by atoms with van der Waals surface area (Å²) in [5, 5.41) is 0. The lowest BCUT2D eigenvalue weighted by Crippen LogP contribution is -2.12. The standard InChI is InChI=1S/C12H18N2/c1-3-9(2)12-10-6-4-5-7-11(10)13-8-14-12/h8-9H,3-7H2,1-2H3. The van der Waals surface area contributed by atoms with Crippen LogP contribution >= 0.6 is 0 Å². The second kappa shape index (κ2) is 4.07. The molecule has 2 nitrogen and oxygen atoms in total. The first-order valence-electron chi connectivity index (χ1n) is 5.65. The minimum Gasteiger partial charge on any atom is -0.241 e. The summed E-state index contributed by atoms with van der Waals surface area (Å²) >= 11 is 0. The van der Waals surface area contributed by atoms with Crippen LogP contribution in [0.1, 0.15) is 56.0 Å². The van der Waals surface area contributed by atoms with Crippen LogP contribution in [-0.4, -0.2) is 9.97 Å². The van der Waals surface area contributed by atoms with Gasteiger partial charge in [-0.05, 0) is 43.6 Å². The quantitative estimate of drug-likeness (QED) is 0.716. The van der Waals surface area contributed by atoms with Gasteiger partial charge < -0.3 is 0 Å². The molecule has 1 unspecified atom stereocenters. The predicted molar refractivity (Wildman–Crippen MR) is 57.4 cm³/mol. The van der Waals surface area contributed by atoms with Gasteiger partial charge in [0.25, 0.3) is 0 Å². The van der Waals surface area contributed by atoms with Gasteiger partial charge in [0.2, 0.25) is 0 Å². The second-order valence-corrected chi connectivity index (χ2v) is 4.20. The van der Waals surface area contributed by atoms with Gasteiger partial charge in [-0.3, -0.25) is 0 Å². The number of aryl methyl sites for hydroxylation is 1. The number of nitrogens with zero attached hydrogens (tertiary/aromatic N) is 2. The van der Waals surface area contributed by atoms with Crippen molar-refractivity contribution < 1.29 is 0 Å². The first-order chi connectivity index (χ1) is 6.83. The Labute approximate surface area is 85.8 Å². The maximum absolute atomic E-state index is 4.45. The van der Waals surface area contributed by atoms with Crippen molar-refractivity contribution >= 4 is 0 Å². The fourth-order valence-electron chi connectivity index (χ4n) is 2.16. The van der Waals surface area contributed by atoms with Gasteiger partial charge in [0, 0.05) is 11.4 Å². The lowest BCUT2D eigenvalue weighted by Gasteiger charge is -2.19. The number of hydrogen-bond donors (Lipinski definition) is 0. The molecular weight excluding hydrogens is 172 g/mol. The third-order valence-corrected chi connectivity index (χ3v) is 3.24. The summed E-state index contributed by atoms with van der Waals surface area (Å²) in [4.78, 5) is 8.84. The van der Waals surface area contributed by atoms with Crippen molar-refractivity contribution in [3.8, 4) is 0 Å². The molecule has 0 saturated carbocycles. The summed E-state index contributed by atoms with van der Waals surface area (Å²) in [7, 11) is 0. The molecule has 1 atom stereocenters. The summed E-state index contributed by atoms with van der Waals surface area (Å²) in [5.41, 5.74) is 4.06. The Bertz CT molecular complexity index is 320. The molecule has 1 aliphatic carbocycles. The maximum atomic E-state index is 4.45. The van der Waals surface area contributed by atoms with Gasteiger partial charge in [0.15, 0.2) is 0 Å². The molecule has 0 fully saturated rings. The average molecular weight is 190 g/mol. The van der Waals surface area contributed by atoms with E-state index in [9.17, 15) is 0 Å². The van der Waals surface area contributed by atoms with Crippen LogP contribution in [0, 0.1) is 0 Å². The van der Waals surface area contributed by atoms with Crippen molar-refractivity contribution in [3.63, 3.8) is 0 Å². The van der Waals surface area contributed by atoms with Crippen LogP contribution < -0.4 is 0 Å². The lowest BCUT2D eigenvalue weighted by molar-refractivity contribution is 0.622. The fourth-order valence-corrected chi connectivity index (χ4v) is 2.16. The van der Waals surface area contributed by atoms with Gasteiger partial charge >= 0.3 is 0 Å². The van der Waals surface area contributed by atoms with E-state index in [-0.39, 0.29) is 0 Å². The minimum absolute atomic E-state index is 0.588. The third-order valence-electron chi connectivity index (χ3n) is 3.24. The van der Waals surface area contributed by atoms with E-state index >= 15 is 0 Å². The summed E-state index contributed by atoms with van der Waals surface area (Å²) in [6, 6.07) is 0. The Kier molecular flexibility index (Phi) is 2.80. The van der Waals surface area contributed by atoms with E-state index in [4.69, 9.17) is 0 Å². The Morgan fingerprint density at radius 3 is 2.86 bits per heavy atom. The molecule has 0 aliphatic heterocycles. The van der Waals surface area contributed by atoms with Crippen molar-refractivity contribution in [3.05, 3.63) is 23.3 Å². The smallest absolute Gasteiger partial charge is 0.115 e. The zero-order chi connectivity index (χ0) is 9.97. The lowest BCUT2D eigenvalue weighted by atomic mass is 9.90. The maximum Gasteiger partial charge on any atom is 0.115 e. The molecule has 2 rings (SSSR count). The Hall–Kier alpha value is -0.920. The van der Waals surface area contributed by atoms with E-state index < -0.39 is 0 Å². The van der Waals surface area contributed by atoms with E-state index in [0.717, 1.165) is 6.42 Å². The number of aromatic nitrogens is 2. The van der Waals surface area contributed by atoms with Crippen LogP contribution in [0.2, 0.25) is 0 Å². The van der Waals surface area contributed by atoms with Crippen LogP contribution in [0.25, 0.3) is 0 Å². The van der Waals surface area contributed by atoms with Crippen molar-refractivity contribution in [2.24, 2.45) is 0 Å². The zero-order valence-corrected chi connectivity index (χ0v) is 9.08. The average Bonchev–Trinajstić information content (AvgIpc) is 2.27. The molecule has 0 radical (unpaired) electrons. The summed E-state index contributed by atoms with van der Waals surface area (Å²) in [6.07, 6.45) is 7.86. The normalized spacial score (nSPS) is 17.6. The highest BCUT2D eigenvalue weighted by atomic mass is 14.8. The molecule has 1 aromatic rings. The molecule has 2 heteroatoms. The van der Waals surface area contributed by atoms with Crippen LogP contribution in [0.15, 0.2) is 6.33 Å². The third kappa shape index (κ3) is 1.66. The van der Waals surface area contributed by atoms with Gasteiger partial charge in [-0.1, -0.05) is 13.8 Å². The first kappa shape index (κ1) is 9.63. The van der Waals surface area contributed by atoms with Crippen LogP contribution in [-0.2, 0) is 12.8 Å². The summed E-state index contributed by atoms with van der Waals surface area (Å²) in [6.45, 7) is 4.49. The number of rotatable bonds is 2. The molecule has 0 bridgehead atoms. The number of fused-ring (bicyclic) bond motifs is 1. The molecule has 1 aliphatic rings. The van der Waals surface area contributed by atoms with Gasteiger partial charge in [-0.25, -0.2) is 9.97 Å². The highest BCUT2D eigenvalue weighted by Crippen LogP contribution is 2.27. The summed E-state index contributed by atoms with van der Waals surface area (Å²) < 4.78 is 0. The van der Waals surface area contributed by atoms with Gasteiger partial charge in [-0.15, -0.1) is 0 Å². The minimum atomic E-state index is 0.588. The molecule has 0 spiro atoms. The highest BCUT2D eigenvalue weighted by Gasteiger charge is 2.17. The number of hydrogen-bond acceptors (Lipinski definition) is 2. The zero-order valence-electron chi connectivity index (χ0n) is 9.08. The van der Waals surface area contributed by atoms with E-state index in [1.165, 1.54) is 42.6 Å². The first-order valence-corrected chi connectivity index (χ1v) is 5.65.